The second kappa shape index (κ2) is 8.27. The summed E-state index contributed by atoms with van der Waals surface area (Å²) in [6.07, 6.45) is -0.750. The number of aliphatic hydroxyl groups excluding tert-OH is 1. The van der Waals surface area contributed by atoms with Gasteiger partial charge in [0, 0.05) is 35.0 Å². The van der Waals surface area contributed by atoms with Crippen LogP contribution in [0.3, 0.4) is 0 Å². The van der Waals surface area contributed by atoms with Crippen molar-refractivity contribution in [1.29, 1.82) is 0 Å². The zero-order valence-electron chi connectivity index (χ0n) is 15.5. The molecule has 0 saturated carbocycles. The maximum Gasteiger partial charge on any atom is 0.416 e. The van der Waals surface area contributed by atoms with Crippen molar-refractivity contribution in [3.8, 4) is 0 Å². The number of nitrogens with one attached hydrogen (secondary N) is 1. The van der Waals surface area contributed by atoms with Gasteiger partial charge >= 0.3 is 6.18 Å². The van der Waals surface area contributed by atoms with E-state index < -0.39 is 39.7 Å². The highest BCUT2D eigenvalue weighted by Gasteiger charge is 2.33. The highest BCUT2D eigenvalue weighted by molar-refractivity contribution is 6.11. The number of ketones is 2. The molecule has 0 aliphatic heterocycles. The van der Waals surface area contributed by atoms with Crippen molar-refractivity contribution in [2.75, 3.05) is 5.32 Å². The summed E-state index contributed by atoms with van der Waals surface area (Å²) in [6, 6.07) is 7.82. The third-order valence-electron chi connectivity index (χ3n) is 4.26. The third-order valence-corrected chi connectivity index (χ3v) is 4.26. The van der Waals surface area contributed by atoms with E-state index in [-0.39, 0.29) is 22.5 Å². The Bertz CT molecular complexity index is 1180. The number of benzene rings is 2. The molecule has 0 fully saturated rings. The molecule has 0 spiro atoms. The van der Waals surface area contributed by atoms with Crippen LogP contribution < -0.4 is 5.32 Å². The van der Waals surface area contributed by atoms with Crippen LogP contribution in [0.5, 0.6) is 0 Å². The number of nitro groups is 1. The van der Waals surface area contributed by atoms with E-state index in [0.29, 0.717) is 12.1 Å². The smallest absolute Gasteiger partial charge is 0.416 e. The Morgan fingerprint density at radius 3 is 2.29 bits per heavy atom. The van der Waals surface area contributed by atoms with Gasteiger partial charge in [0.25, 0.3) is 5.69 Å². The average Bonchev–Trinajstić information content (AvgIpc) is 2.70. The molecule has 7 nitrogen and oxygen atoms in total. The Kier molecular flexibility index (Phi) is 5.73. The van der Waals surface area contributed by atoms with Crippen LogP contribution in [-0.4, -0.2) is 21.6 Å². The first-order valence-electron chi connectivity index (χ1n) is 8.67. The van der Waals surface area contributed by atoms with Crippen LogP contribution in [0.25, 0.3) is 5.76 Å². The summed E-state index contributed by atoms with van der Waals surface area (Å²) in [5.74, 6) is -1.66. The van der Waals surface area contributed by atoms with Gasteiger partial charge in [-0.1, -0.05) is 24.3 Å². The fraction of sp³-hybridized carbons (Fsp3) is 0.0476. The number of carbonyl (C=O) groups is 2. The summed E-state index contributed by atoms with van der Waals surface area (Å²) < 4.78 is 38.7. The molecule has 0 saturated heterocycles. The molecule has 2 aromatic carbocycles. The van der Waals surface area contributed by atoms with E-state index in [2.05, 4.69) is 5.32 Å². The van der Waals surface area contributed by atoms with Crippen LogP contribution in [0.1, 0.15) is 21.5 Å². The molecule has 0 aromatic heterocycles. The molecule has 0 unspecified atom stereocenters. The fourth-order valence-electron chi connectivity index (χ4n) is 2.82. The topological polar surface area (TPSA) is 110 Å². The van der Waals surface area contributed by atoms with Gasteiger partial charge in [-0.25, -0.2) is 0 Å². The summed E-state index contributed by atoms with van der Waals surface area (Å²) in [7, 11) is 0. The summed E-state index contributed by atoms with van der Waals surface area (Å²) >= 11 is 0. The van der Waals surface area contributed by atoms with Crippen molar-refractivity contribution in [2.45, 2.75) is 6.18 Å². The van der Waals surface area contributed by atoms with Gasteiger partial charge < -0.3 is 10.4 Å². The van der Waals surface area contributed by atoms with Gasteiger partial charge in [0.15, 0.2) is 11.6 Å². The number of carbonyl (C=O) groups excluding carboxylic acids is 2. The minimum Gasteiger partial charge on any atom is -0.507 e. The lowest BCUT2D eigenvalue weighted by molar-refractivity contribution is -0.384. The molecule has 158 valence electrons. The standard InChI is InChI=1S/C21H13F3N2O5/c22-21(23,24)12-5-8-17(18(9-12)26(30)31)25-13-6-7-14(27)11-20(29)16-4-2-1-3-15(16)19(28)10-13/h1-11,25,29H/b7-6-,13-10-,20-11?. The molecule has 2 N–H and O–H groups in total. The number of nitro benzene ring substituents is 1. The zero-order valence-corrected chi connectivity index (χ0v) is 15.5. The molecule has 10 heteroatoms. The molecule has 1 aliphatic rings. The second-order valence-corrected chi connectivity index (χ2v) is 6.39. The van der Waals surface area contributed by atoms with Gasteiger partial charge in [-0.3, -0.25) is 19.7 Å². The number of hydrogen-bond donors (Lipinski definition) is 2. The maximum atomic E-state index is 12.9. The van der Waals surface area contributed by atoms with Crippen molar-refractivity contribution < 1.29 is 32.8 Å². The van der Waals surface area contributed by atoms with Crippen LogP contribution >= 0.6 is 0 Å². The molecular formula is C21H13F3N2O5. The van der Waals surface area contributed by atoms with Crippen LogP contribution in [-0.2, 0) is 11.0 Å². The normalized spacial score (nSPS) is 17.1. The minimum absolute atomic E-state index is 0.0561. The molecule has 31 heavy (non-hydrogen) atoms. The Balaban J connectivity index is 2.07. The first kappa shape index (κ1) is 21.5. The molecule has 0 atom stereocenters. The van der Waals surface area contributed by atoms with Gasteiger partial charge in [-0.15, -0.1) is 0 Å². The molecule has 0 bridgehead atoms. The number of rotatable bonds is 3. The van der Waals surface area contributed by atoms with Gasteiger partial charge in [0.1, 0.15) is 11.4 Å². The fourth-order valence-corrected chi connectivity index (χ4v) is 2.82. The van der Waals surface area contributed by atoms with Crippen molar-refractivity contribution >= 4 is 28.7 Å². The Morgan fingerprint density at radius 1 is 0.968 bits per heavy atom. The first-order valence-corrected chi connectivity index (χ1v) is 8.67. The van der Waals surface area contributed by atoms with Crippen LogP contribution in [0, 0.1) is 10.1 Å². The Morgan fingerprint density at radius 2 is 1.65 bits per heavy atom. The highest BCUT2D eigenvalue weighted by Crippen LogP contribution is 2.35. The number of fused-ring (bicyclic) bond motifs is 1. The summed E-state index contributed by atoms with van der Waals surface area (Å²) in [5.41, 5.74) is -2.30. The second-order valence-electron chi connectivity index (χ2n) is 6.39. The molecule has 2 aromatic rings. The van der Waals surface area contributed by atoms with E-state index in [4.69, 9.17) is 0 Å². The summed E-state index contributed by atoms with van der Waals surface area (Å²) in [5, 5.41) is 23.9. The average molecular weight is 430 g/mol. The number of alkyl halides is 3. The number of anilines is 1. The van der Waals surface area contributed by atoms with E-state index in [1.807, 2.05) is 0 Å². The minimum atomic E-state index is -4.78. The lowest BCUT2D eigenvalue weighted by Crippen LogP contribution is -2.09. The van der Waals surface area contributed by atoms with E-state index >= 15 is 0 Å². The SMILES string of the molecule is O=C1C=C(O)c2ccccc2C(=O)/C=C(Nc2ccc(C(F)(F)F)cc2[N+](=O)[O-])/C=C\1. The largest absolute Gasteiger partial charge is 0.507 e. The predicted octanol–water partition coefficient (Wildman–Crippen LogP) is 4.83. The van der Waals surface area contributed by atoms with Crippen molar-refractivity contribution in [2.24, 2.45) is 0 Å². The number of halogens is 3. The van der Waals surface area contributed by atoms with E-state index in [0.717, 1.165) is 30.4 Å². The predicted molar refractivity (Wildman–Crippen MR) is 105 cm³/mol. The van der Waals surface area contributed by atoms with Crippen molar-refractivity contribution in [1.82, 2.24) is 0 Å². The van der Waals surface area contributed by atoms with Crippen LogP contribution in [0.15, 0.2) is 72.5 Å². The quantitative estimate of drug-likeness (QED) is 0.533. The monoisotopic (exact) mass is 430 g/mol. The molecule has 0 radical (unpaired) electrons. The lowest BCUT2D eigenvalue weighted by Gasteiger charge is -2.12. The number of nitrogens with zero attached hydrogens (tertiary/aromatic N) is 1. The van der Waals surface area contributed by atoms with Gasteiger partial charge in [0.05, 0.1) is 10.5 Å². The van der Waals surface area contributed by atoms with Crippen LogP contribution in [0.4, 0.5) is 24.5 Å². The zero-order chi connectivity index (χ0) is 22.8. The van der Waals surface area contributed by atoms with Crippen molar-refractivity contribution in [3.63, 3.8) is 0 Å². The van der Waals surface area contributed by atoms with Gasteiger partial charge in [0.2, 0.25) is 0 Å². The Labute approximate surface area is 173 Å². The van der Waals surface area contributed by atoms with Crippen molar-refractivity contribution in [3.05, 3.63) is 99.3 Å². The third kappa shape index (κ3) is 4.86. The molecule has 3 rings (SSSR count). The molecular weight excluding hydrogens is 417 g/mol. The highest BCUT2D eigenvalue weighted by atomic mass is 19.4. The number of aliphatic hydroxyl groups is 1. The molecule has 1 aliphatic carbocycles. The van der Waals surface area contributed by atoms with Gasteiger partial charge in [-0.2, -0.15) is 13.2 Å². The first-order chi connectivity index (χ1) is 14.6. The Hall–Kier alpha value is -4.21. The van der Waals surface area contributed by atoms with E-state index in [1.54, 1.807) is 6.07 Å². The number of hydrogen-bond acceptors (Lipinski definition) is 6. The lowest BCUT2D eigenvalue weighted by atomic mass is 9.99. The van der Waals surface area contributed by atoms with E-state index in [9.17, 15) is 38.0 Å². The van der Waals surface area contributed by atoms with Gasteiger partial charge in [-0.05, 0) is 24.3 Å². The molecule has 0 heterocycles. The summed E-state index contributed by atoms with van der Waals surface area (Å²) in [4.78, 5) is 35.0. The van der Waals surface area contributed by atoms with Crippen LogP contribution in [0.2, 0.25) is 0 Å². The molecule has 0 amide bonds. The maximum absolute atomic E-state index is 12.9. The summed E-state index contributed by atoms with van der Waals surface area (Å²) in [6.45, 7) is 0. The van der Waals surface area contributed by atoms with E-state index in [1.165, 1.54) is 18.2 Å². The number of allylic oxidation sites excluding steroid dienone is 4.